The highest BCUT2D eigenvalue weighted by molar-refractivity contribution is 9.10. The van der Waals surface area contributed by atoms with E-state index >= 15 is 0 Å². The number of halogens is 2. The zero-order valence-electron chi connectivity index (χ0n) is 9.41. The second-order valence-corrected chi connectivity index (χ2v) is 4.99. The van der Waals surface area contributed by atoms with Gasteiger partial charge in [-0.15, -0.1) is 0 Å². The molecule has 0 fully saturated rings. The van der Waals surface area contributed by atoms with E-state index in [1.165, 1.54) is 6.07 Å². The molecule has 2 rings (SSSR count). The van der Waals surface area contributed by atoms with Crippen LogP contribution in [0, 0.1) is 5.82 Å². The standard InChI is InChI=1S/C14H12BrFO/c1-2-12(15)14(17)11-7-3-6-10-9(11)5-4-8-13(10)16/h3-8,12H,2H2,1H3. The second-order valence-electron chi connectivity index (χ2n) is 3.88. The number of carbonyl (C=O) groups is 1. The van der Waals surface area contributed by atoms with Crippen LogP contribution in [0.1, 0.15) is 23.7 Å². The van der Waals surface area contributed by atoms with E-state index in [1.54, 1.807) is 30.3 Å². The molecule has 0 spiro atoms. The minimum Gasteiger partial charge on any atom is -0.293 e. The molecule has 0 aliphatic carbocycles. The lowest BCUT2D eigenvalue weighted by Crippen LogP contribution is -2.13. The molecule has 2 aromatic carbocycles. The average Bonchev–Trinajstić information content (AvgIpc) is 2.37. The number of alkyl halides is 1. The number of hydrogen-bond acceptors (Lipinski definition) is 1. The lowest BCUT2D eigenvalue weighted by atomic mass is 9.99. The van der Waals surface area contributed by atoms with Crippen molar-refractivity contribution >= 4 is 32.5 Å². The molecule has 3 heteroatoms. The summed E-state index contributed by atoms with van der Waals surface area (Å²) in [4.78, 5) is 11.9. The lowest BCUT2D eigenvalue weighted by Gasteiger charge is -2.09. The number of rotatable bonds is 3. The van der Waals surface area contributed by atoms with E-state index in [9.17, 15) is 9.18 Å². The van der Waals surface area contributed by atoms with Crippen molar-refractivity contribution in [1.82, 2.24) is 0 Å². The molecular weight excluding hydrogens is 283 g/mol. The van der Waals surface area contributed by atoms with E-state index < -0.39 is 0 Å². The first kappa shape index (κ1) is 12.2. The van der Waals surface area contributed by atoms with Crippen molar-refractivity contribution in [2.75, 3.05) is 0 Å². The molecule has 1 atom stereocenters. The van der Waals surface area contributed by atoms with Gasteiger partial charge in [0.15, 0.2) is 5.78 Å². The van der Waals surface area contributed by atoms with Gasteiger partial charge in [0.2, 0.25) is 0 Å². The highest BCUT2D eigenvalue weighted by Crippen LogP contribution is 2.24. The summed E-state index contributed by atoms with van der Waals surface area (Å²) in [6.45, 7) is 1.93. The van der Waals surface area contributed by atoms with Gasteiger partial charge in [0, 0.05) is 10.9 Å². The van der Waals surface area contributed by atoms with Crippen LogP contribution in [0.4, 0.5) is 4.39 Å². The van der Waals surface area contributed by atoms with Gasteiger partial charge in [-0.05, 0) is 17.9 Å². The Morgan fingerprint density at radius 2 is 1.88 bits per heavy atom. The minimum atomic E-state index is -0.292. The molecule has 1 nitrogen and oxygen atoms in total. The Morgan fingerprint density at radius 3 is 2.59 bits per heavy atom. The predicted molar refractivity (Wildman–Crippen MR) is 71.2 cm³/mol. The van der Waals surface area contributed by atoms with E-state index in [1.807, 2.05) is 6.92 Å². The maximum absolute atomic E-state index is 13.6. The first-order valence-corrected chi connectivity index (χ1v) is 6.42. The molecule has 88 valence electrons. The molecule has 17 heavy (non-hydrogen) atoms. The van der Waals surface area contributed by atoms with Gasteiger partial charge in [-0.3, -0.25) is 4.79 Å². The third-order valence-corrected chi connectivity index (χ3v) is 3.84. The van der Waals surface area contributed by atoms with E-state index in [0.29, 0.717) is 22.8 Å². The van der Waals surface area contributed by atoms with Crippen LogP contribution in [0.2, 0.25) is 0 Å². The molecule has 0 aliphatic heterocycles. The fraction of sp³-hybridized carbons (Fsp3) is 0.214. The van der Waals surface area contributed by atoms with Gasteiger partial charge in [-0.25, -0.2) is 4.39 Å². The Morgan fingerprint density at radius 1 is 1.24 bits per heavy atom. The molecular formula is C14H12BrFO. The van der Waals surface area contributed by atoms with Crippen LogP contribution in [0.3, 0.4) is 0 Å². The molecule has 0 heterocycles. The summed E-state index contributed by atoms with van der Waals surface area (Å²) in [7, 11) is 0. The molecule has 0 N–H and O–H groups in total. The summed E-state index contributed by atoms with van der Waals surface area (Å²) in [5.74, 6) is -0.288. The maximum atomic E-state index is 13.6. The van der Waals surface area contributed by atoms with Gasteiger partial charge < -0.3 is 0 Å². The minimum absolute atomic E-state index is 0.00343. The van der Waals surface area contributed by atoms with Gasteiger partial charge in [0.05, 0.1) is 4.83 Å². The molecule has 0 aromatic heterocycles. The topological polar surface area (TPSA) is 17.1 Å². The van der Waals surface area contributed by atoms with E-state index in [-0.39, 0.29) is 16.4 Å². The largest absolute Gasteiger partial charge is 0.293 e. The van der Waals surface area contributed by atoms with Crippen LogP contribution in [-0.4, -0.2) is 10.6 Å². The first-order chi connectivity index (χ1) is 8.15. The molecule has 0 radical (unpaired) electrons. The van der Waals surface area contributed by atoms with Gasteiger partial charge in [-0.2, -0.15) is 0 Å². The number of Topliss-reactive ketones (excluding diaryl/α,β-unsaturated/α-hetero) is 1. The zero-order valence-corrected chi connectivity index (χ0v) is 11.0. The first-order valence-electron chi connectivity index (χ1n) is 5.50. The molecule has 0 amide bonds. The summed E-state index contributed by atoms with van der Waals surface area (Å²) < 4.78 is 13.6. The number of ketones is 1. The maximum Gasteiger partial charge on any atom is 0.177 e. The van der Waals surface area contributed by atoms with Crippen LogP contribution in [0.15, 0.2) is 36.4 Å². The highest BCUT2D eigenvalue weighted by Gasteiger charge is 2.17. The zero-order chi connectivity index (χ0) is 12.4. The molecule has 0 saturated heterocycles. The predicted octanol–water partition coefficient (Wildman–Crippen LogP) is 4.34. The Balaban J connectivity index is 2.63. The van der Waals surface area contributed by atoms with Crippen molar-refractivity contribution in [2.24, 2.45) is 0 Å². The van der Waals surface area contributed by atoms with E-state index in [0.717, 1.165) is 0 Å². The van der Waals surface area contributed by atoms with Crippen molar-refractivity contribution in [3.05, 3.63) is 47.8 Å². The average molecular weight is 295 g/mol. The lowest BCUT2D eigenvalue weighted by molar-refractivity contribution is 0.0992. The van der Waals surface area contributed by atoms with E-state index in [4.69, 9.17) is 0 Å². The van der Waals surface area contributed by atoms with Crippen LogP contribution < -0.4 is 0 Å². The van der Waals surface area contributed by atoms with Crippen LogP contribution in [0.25, 0.3) is 10.8 Å². The Labute approximate surface area is 108 Å². The monoisotopic (exact) mass is 294 g/mol. The Hall–Kier alpha value is -1.22. The summed E-state index contributed by atoms with van der Waals surface area (Å²) in [6.07, 6.45) is 0.713. The van der Waals surface area contributed by atoms with Crippen molar-refractivity contribution in [1.29, 1.82) is 0 Å². The molecule has 1 unspecified atom stereocenters. The smallest absolute Gasteiger partial charge is 0.177 e. The summed E-state index contributed by atoms with van der Waals surface area (Å²) in [5.41, 5.74) is 0.575. The van der Waals surface area contributed by atoms with Crippen LogP contribution >= 0.6 is 15.9 Å². The van der Waals surface area contributed by atoms with Crippen LogP contribution in [0.5, 0.6) is 0 Å². The van der Waals surface area contributed by atoms with Gasteiger partial charge in [0.25, 0.3) is 0 Å². The number of carbonyl (C=O) groups excluding carboxylic acids is 1. The third-order valence-electron chi connectivity index (χ3n) is 2.78. The summed E-state index contributed by atoms with van der Waals surface area (Å²) in [5, 5.41) is 1.17. The van der Waals surface area contributed by atoms with E-state index in [2.05, 4.69) is 15.9 Å². The fourth-order valence-electron chi connectivity index (χ4n) is 1.84. The third kappa shape index (κ3) is 2.25. The van der Waals surface area contributed by atoms with Crippen LogP contribution in [-0.2, 0) is 0 Å². The normalized spacial score (nSPS) is 12.6. The SMILES string of the molecule is CCC(Br)C(=O)c1cccc2c(F)cccc12. The molecule has 2 aromatic rings. The fourth-order valence-corrected chi connectivity index (χ4v) is 2.09. The quantitative estimate of drug-likeness (QED) is 0.608. The number of fused-ring (bicyclic) bond motifs is 1. The summed E-state index contributed by atoms with van der Waals surface area (Å²) in [6, 6.07) is 9.96. The van der Waals surface area contributed by atoms with Crippen molar-refractivity contribution in [3.8, 4) is 0 Å². The molecule has 0 bridgehead atoms. The van der Waals surface area contributed by atoms with Crippen molar-refractivity contribution in [3.63, 3.8) is 0 Å². The van der Waals surface area contributed by atoms with Crippen molar-refractivity contribution < 1.29 is 9.18 Å². The number of hydrogen-bond donors (Lipinski definition) is 0. The highest BCUT2D eigenvalue weighted by atomic mass is 79.9. The van der Waals surface area contributed by atoms with Crippen molar-refractivity contribution in [2.45, 2.75) is 18.2 Å². The summed E-state index contributed by atoms with van der Waals surface area (Å²) >= 11 is 3.34. The molecule has 0 aliphatic rings. The second kappa shape index (κ2) is 4.96. The number of benzene rings is 2. The Kier molecular flexibility index (Phi) is 3.57. The van der Waals surface area contributed by atoms with Gasteiger partial charge in [-0.1, -0.05) is 53.2 Å². The van der Waals surface area contributed by atoms with Gasteiger partial charge >= 0.3 is 0 Å². The Bertz CT molecular complexity index is 565. The van der Waals surface area contributed by atoms with Gasteiger partial charge in [0.1, 0.15) is 5.82 Å². The molecule has 0 saturated carbocycles.